The summed E-state index contributed by atoms with van der Waals surface area (Å²) in [4.78, 5) is 23.3. The number of nitrogens with one attached hydrogen (secondary N) is 1. The maximum Gasteiger partial charge on any atom is 0.254 e. The third kappa shape index (κ3) is 2.39. The number of aromatic hydroxyl groups is 1. The van der Waals surface area contributed by atoms with Gasteiger partial charge in [0.1, 0.15) is 11.6 Å². The topological polar surface area (TPSA) is 69.2 Å². The van der Waals surface area contributed by atoms with Gasteiger partial charge in [0.2, 0.25) is 0 Å². The molecule has 3 aromatic rings. The largest absolute Gasteiger partial charge is 0.508 e. The summed E-state index contributed by atoms with van der Waals surface area (Å²) in [6, 6.07) is 11.6. The second-order valence-corrected chi connectivity index (χ2v) is 9.38. The van der Waals surface area contributed by atoms with E-state index in [0.29, 0.717) is 17.7 Å². The third-order valence-electron chi connectivity index (χ3n) is 7.74. The fourth-order valence-electron chi connectivity index (χ4n) is 5.61. The van der Waals surface area contributed by atoms with Gasteiger partial charge in [-0.25, -0.2) is 4.98 Å². The van der Waals surface area contributed by atoms with E-state index in [1.165, 1.54) is 5.56 Å². The number of H-pyrrole nitrogens is 1. The molecule has 1 aliphatic heterocycles. The maximum absolute atomic E-state index is 13.6. The summed E-state index contributed by atoms with van der Waals surface area (Å²) in [5.41, 5.74) is 4.50. The lowest BCUT2D eigenvalue weighted by atomic mass is 9.51. The summed E-state index contributed by atoms with van der Waals surface area (Å²) < 4.78 is 0. The van der Waals surface area contributed by atoms with Crippen molar-refractivity contribution in [3.63, 3.8) is 0 Å². The molecule has 1 amide bonds. The number of carbonyl (C=O) groups is 1. The molecule has 0 radical (unpaired) electrons. The minimum atomic E-state index is -0.101. The molecule has 2 aliphatic rings. The van der Waals surface area contributed by atoms with Crippen molar-refractivity contribution in [2.45, 2.75) is 52.0 Å². The average Bonchev–Trinajstić information content (AvgIpc) is 3.04. The van der Waals surface area contributed by atoms with Gasteiger partial charge >= 0.3 is 0 Å². The molecule has 5 heteroatoms. The van der Waals surface area contributed by atoms with Crippen molar-refractivity contribution in [2.24, 2.45) is 5.41 Å². The molecule has 29 heavy (non-hydrogen) atoms. The molecule has 1 fully saturated rings. The Balaban J connectivity index is 1.57. The Hall–Kier alpha value is -2.82. The highest BCUT2D eigenvalue weighted by Crippen LogP contribution is 2.57. The summed E-state index contributed by atoms with van der Waals surface area (Å²) in [6.07, 6.45) is 1.56. The Morgan fingerprint density at radius 2 is 2.03 bits per heavy atom. The highest BCUT2D eigenvalue weighted by atomic mass is 16.3. The molecule has 5 nitrogen and oxygen atoms in total. The molecule has 1 aromatic heterocycles. The van der Waals surface area contributed by atoms with Crippen LogP contribution in [0.25, 0.3) is 11.0 Å². The van der Waals surface area contributed by atoms with E-state index in [4.69, 9.17) is 0 Å². The van der Waals surface area contributed by atoms with Crippen LogP contribution in [-0.4, -0.2) is 38.5 Å². The number of fused-ring (bicyclic) bond motifs is 5. The number of nitrogens with zero attached hydrogens (tertiary/aromatic N) is 2. The zero-order valence-corrected chi connectivity index (χ0v) is 17.4. The van der Waals surface area contributed by atoms with Crippen molar-refractivity contribution in [1.29, 1.82) is 0 Å². The van der Waals surface area contributed by atoms with E-state index in [9.17, 15) is 9.90 Å². The number of benzene rings is 2. The molecule has 5 rings (SSSR count). The molecule has 2 atom stereocenters. The smallest absolute Gasteiger partial charge is 0.254 e. The van der Waals surface area contributed by atoms with Gasteiger partial charge < -0.3 is 15.0 Å². The molecule has 1 unspecified atom stereocenters. The van der Waals surface area contributed by atoms with Crippen LogP contribution in [0.3, 0.4) is 0 Å². The van der Waals surface area contributed by atoms with E-state index in [2.05, 4.69) is 36.8 Å². The first-order valence-electron chi connectivity index (χ1n) is 10.3. The Kier molecular flexibility index (Phi) is 3.67. The monoisotopic (exact) mass is 389 g/mol. The van der Waals surface area contributed by atoms with Crippen LogP contribution in [0.4, 0.5) is 0 Å². The molecule has 2 N–H and O–H groups in total. The summed E-state index contributed by atoms with van der Waals surface area (Å²) >= 11 is 0. The van der Waals surface area contributed by atoms with Crippen LogP contribution < -0.4 is 0 Å². The van der Waals surface area contributed by atoms with Crippen molar-refractivity contribution in [1.82, 2.24) is 14.9 Å². The number of phenols is 1. The fraction of sp³-hybridized carbons (Fsp3) is 0.417. The van der Waals surface area contributed by atoms with Gasteiger partial charge in [0.15, 0.2) is 0 Å². The highest BCUT2D eigenvalue weighted by molar-refractivity contribution is 5.97. The van der Waals surface area contributed by atoms with Crippen LogP contribution in [0, 0.1) is 12.3 Å². The summed E-state index contributed by atoms with van der Waals surface area (Å²) in [5, 5.41) is 10.5. The molecule has 150 valence electrons. The number of piperidine rings is 1. The minimum Gasteiger partial charge on any atom is -0.508 e. The first-order chi connectivity index (χ1) is 13.7. The zero-order valence-electron chi connectivity index (χ0n) is 17.4. The van der Waals surface area contributed by atoms with Crippen molar-refractivity contribution in [3.05, 3.63) is 58.9 Å². The number of aromatic nitrogens is 2. The highest BCUT2D eigenvalue weighted by Gasteiger charge is 2.57. The number of hydrogen-bond acceptors (Lipinski definition) is 3. The van der Waals surface area contributed by atoms with Gasteiger partial charge in [-0.3, -0.25) is 4.79 Å². The lowest BCUT2D eigenvalue weighted by molar-refractivity contribution is -0.0266. The van der Waals surface area contributed by atoms with E-state index in [1.54, 1.807) is 6.07 Å². The van der Waals surface area contributed by atoms with E-state index < -0.39 is 0 Å². The Bertz CT molecular complexity index is 1150. The third-order valence-corrected chi connectivity index (χ3v) is 7.74. The number of rotatable bonds is 1. The summed E-state index contributed by atoms with van der Waals surface area (Å²) in [6.45, 7) is 9.47. The molecule has 0 saturated carbocycles. The van der Waals surface area contributed by atoms with Crippen LogP contribution in [0.15, 0.2) is 36.4 Å². The molecule has 2 heterocycles. The van der Waals surface area contributed by atoms with Crippen LogP contribution in [-0.2, 0) is 11.8 Å². The van der Waals surface area contributed by atoms with Crippen molar-refractivity contribution in [3.8, 4) is 5.75 Å². The quantitative estimate of drug-likeness (QED) is 0.651. The second-order valence-electron chi connectivity index (χ2n) is 9.38. The van der Waals surface area contributed by atoms with E-state index in [-0.39, 0.29) is 22.8 Å². The minimum absolute atomic E-state index is 0.0359. The van der Waals surface area contributed by atoms with Crippen molar-refractivity contribution < 1.29 is 9.90 Å². The SMILES string of the molecule is Cc1nc2ccc(C(=O)N3CC[C@@]4(C)c5cccc(O)c5CC3C4(C)C)cc2[nH]1. The molecule has 2 aromatic carbocycles. The van der Waals surface area contributed by atoms with Crippen LogP contribution in [0.5, 0.6) is 5.75 Å². The van der Waals surface area contributed by atoms with E-state index in [1.807, 2.05) is 36.1 Å². The first-order valence-corrected chi connectivity index (χ1v) is 10.3. The lowest BCUT2D eigenvalue weighted by Gasteiger charge is -2.60. The normalized spacial score (nSPS) is 25.1. The van der Waals surface area contributed by atoms with Gasteiger partial charge in [-0.05, 0) is 60.6 Å². The van der Waals surface area contributed by atoms with Crippen molar-refractivity contribution in [2.75, 3.05) is 6.54 Å². The average molecular weight is 389 g/mol. The van der Waals surface area contributed by atoms with Gasteiger partial charge in [-0.2, -0.15) is 0 Å². The Morgan fingerprint density at radius 1 is 1.24 bits per heavy atom. The summed E-state index contributed by atoms with van der Waals surface area (Å²) in [7, 11) is 0. The summed E-state index contributed by atoms with van der Waals surface area (Å²) in [5.74, 6) is 1.25. The second kappa shape index (κ2) is 5.85. The molecule has 2 bridgehead atoms. The van der Waals surface area contributed by atoms with E-state index in [0.717, 1.165) is 35.4 Å². The first kappa shape index (κ1) is 18.2. The molecular formula is C24H27N3O2. The van der Waals surface area contributed by atoms with Gasteiger partial charge in [0.05, 0.1) is 11.0 Å². The predicted molar refractivity (Wildman–Crippen MR) is 113 cm³/mol. The van der Waals surface area contributed by atoms with Gasteiger partial charge in [0, 0.05) is 23.6 Å². The van der Waals surface area contributed by atoms with Crippen LogP contribution >= 0.6 is 0 Å². The lowest BCUT2D eigenvalue weighted by Crippen LogP contribution is -2.64. The number of aryl methyl sites for hydroxylation is 1. The number of carbonyl (C=O) groups excluding carboxylic acids is 1. The van der Waals surface area contributed by atoms with Crippen molar-refractivity contribution >= 4 is 16.9 Å². The maximum atomic E-state index is 13.6. The van der Waals surface area contributed by atoms with E-state index >= 15 is 0 Å². The van der Waals surface area contributed by atoms with Crippen LogP contribution in [0.1, 0.15) is 54.5 Å². The standard InChI is InChI=1S/C24H27N3O2/c1-14-25-18-9-8-15(12-19(18)26-14)22(29)27-11-10-24(4)17-6-5-7-20(28)16(17)13-21(27)23(24,2)3/h5-9,12,21,28H,10-11,13H2,1-4H3,(H,25,26)/t21?,24-/m0/s1. The molecule has 1 aliphatic carbocycles. The number of phenolic OH excluding ortho intramolecular Hbond substituents is 1. The van der Waals surface area contributed by atoms with Crippen LogP contribution in [0.2, 0.25) is 0 Å². The zero-order chi connectivity index (χ0) is 20.6. The molecule has 1 saturated heterocycles. The number of imidazole rings is 1. The number of amides is 1. The number of likely N-dealkylation sites (tertiary alicyclic amines) is 1. The Labute approximate surface area is 170 Å². The molecular weight excluding hydrogens is 362 g/mol. The van der Waals surface area contributed by atoms with Gasteiger partial charge in [0.25, 0.3) is 5.91 Å². The Morgan fingerprint density at radius 3 is 2.83 bits per heavy atom. The van der Waals surface area contributed by atoms with Gasteiger partial charge in [-0.1, -0.05) is 32.9 Å². The van der Waals surface area contributed by atoms with Gasteiger partial charge in [-0.15, -0.1) is 0 Å². The fourth-order valence-corrected chi connectivity index (χ4v) is 5.61. The molecule has 0 spiro atoms. The predicted octanol–water partition coefficient (Wildman–Crippen LogP) is 4.33. The number of hydrogen-bond donors (Lipinski definition) is 2. The number of aromatic amines is 1.